The van der Waals surface area contributed by atoms with Crippen LogP contribution in [-0.2, 0) is 21.1 Å². The minimum absolute atomic E-state index is 0.142. The SMILES string of the molecule is Cc1cc(C)c(-c2cc(C(C)C)c(C)c[n+]2C)cc1-c1ccccc1.[2H]C([2H])([2H])c1cc(C)c(-c2cc(C([2H])(C)C)c(C([2H])([2H])[2H])c[n+]2C)cc1-c1ccccc1.[2H]C([2H])([2H])c1cc(C)c(-c2cc(C)c(C([2H])(C)C)c[n+]2C)cc1-c1ccccc1. The standard InChI is InChI=1S/3C24H28N/c2*1-16(2)21-14-24(25(6)15-19(21)5)23-13-22(17(3)12-18(23)4)20-10-8-7-9-11-20;1-16(2)23-15-25(6)24(13-19(23)5)22-14-21(17(3)12-18(22)4)20-10-8-7-9-11-20/h3*7-16H,1-6H3/q3*+1/i3D3,5D3,16D;;3D3,16D. The van der Waals surface area contributed by atoms with Crippen LogP contribution < -0.4 is 13.7 Å². The van der Waals surface area contributed by atoms with Crippen molar-refractivity contribution in [3.63, 3.8) is 0 Å². The van der Waals surface area contributed by atoms with Gasteiger partial charge in [-0.05, 0) is 181 Å². The second-order valence-corrected chi connectivity index (χ2v) is 21.0. The van der Waals surface area contributed by atoms with E-state index in [2.05, 4.69) is 107 Å². The van der Waals surface area contributed by atoms with Gasteiger partial charge in [0.05, 0.1) is 0 Å². The summed E-state index contributed by atoms with van der Waals surface area (Å²) in [6, 6.07) is 47.9. The monoisotopic (exact) mass is 1000 g/mol. The molecule has 0 amide bonds. The maximum atomic E-state index is 8.54. The highest BCUT2D eigenvalue weighted by Gasteiger charge is 2.22. The maximum Gasteiger partial charge on any atom is 0.212 e. The van der Waals surface area contributed by atoms with Crippen molar-refractivity contribution < 1.29 is 28.8 Å². The van der Waals surface area contributed by atoms with E-state index in [0.29, 0.717) is 22.6 Å². The number of rotatable bonds is 9. The van der Waals surface area contributed by atoms with Gasteiger partial charge in [0.25, 0.3) is 0 Å². The molecule has 0 fully saturated rings. The fraction of sp³-hybridized carbons (Fsp3) is 0.292. The largest absolute Gasteiger partial charge is 0.212 e. The number of hydrogen-bond acceptors (Lipinski definition) is 0. The molecule has 0 aliphatic rings. The first-order valence-corrected chi connectivity index (χ1v) is 26.0. The molecule has 0 N–H and O–H groups in total. The molecule has 0 aliphatic heterocycles. The molecule has 384 valence electrons. The van der Waals surface area contributed by atoms with Crippen LogP contribution in [0.3, 0.4) is 0 Å². The van der Waals surface area contributed by atoms with Crippen molar-refractivity contribution >= 4 is 0 Å². The van der Waals surface area contributed by atoms with Gasteiger partial charge in [-0.15, -0.1) is 0 Å². The Hall–Kier alpha value is -7.23. The van der Waals surface area contributed by atoms with E-state index in [9.17, 15) is 0 Å². The molecule has 0 aliphatic carbocycles. The second kappa shape index (κ2) is 24.0. The lowest BCUT2D eigenvalue weighted by Crippen LogP contribution is -2.32. The van der Waals surface area contributed by atoms with Crippen molar-refractivity contribution in [3.8, 4) is 67.2 Å². The fourth-order valence-electron chi connectivity index (χ4n) is 10.3. The molecule has 0 atom stereocenters. The Balaban J connectivity index is 0.000000186. The molecule has 0 unspecified atom stereocenters. The lowest BCUT2D eigenvalue weighted by atomic mass is 9.91. The number of benzene rings is 6. The number of nitrogens with zero attached hydrogens (tertiary/aromatic N) is 3. The normalized spacial score (nSPS) is 14.1. The summed E-state index contributed by atoms with van der Waals surface area (Å²) in [6.45, 7) is 17.3. The smallest absolute Gasteiger partial charge is 0.201 e. The van der Waals surface area contributed by atoms with E-state index < -0.39 is 32.3 Å². The van der Waals surface area contributed by atoms with Gasteiger partial charge in [-0.1, -0.05) is 151 Å². The number of pyridine rings is 3. The quantitative estimate of drug-likeness (QED) is 0.128. The summed E-state index contributed by atoms with van der Waals surface area (Å²) in [6.07, 6.45) is 5.83. The van der Waals surface area contributed by atoms with Crippen molar-refractivity contribution in [2.24, 2.45) is 21.1 Å². The van der Waals surface area contributed by atoms with Crippen molar-refractivity contribution in [1.29, 1.82) is 0 Å². The molecule has 0 spiro atoms. The summed E-state index contributed by atoms with van der Waals surface area (Å²) in [5.74, 6) is -1.28. The Morgan fingerprint density at radius 3 is 1.04 bits per heavy atom. The topological polar surface area (TPSA) is 11.6 Å². The molecule has 3 nitrogen and oxygen atoms in total. The molecule has 0 saturated heterocycles. The highest BCUT2D eigenvalue weighted by molar-refractivity contribution is 5.78. The molecule has 9 rings (SSSR count). The minimum Gasteiger partial charge on any atom is -0.201 e. The van der Waals surface area contributed by atoms with E-state index in [1.165, 1.54) is 44.6 Å². The van der Waals surface area contributed by atoms with Crippen LogP contribution in [-0.4, -0.2) is 0 Å². The van der Waals surface area contributed by atoms with E-state index >= 15 is 0 Å². The molecule has 0 bridgehead atoms. The molecule has 0 radical (unpaired) electrons. The van der Waals surface area contributed by atoms with E-state index in [4.69, 9.17) is 15.1 Å². The zero-order chi connectivity index (χ0) is 63.8. The molecule has 3 heteroatoms. The Kier molecular flexibility index (Phi) is 13.4. The van der Waals surface area contributed by atoms with Crippen LogP contribution in [0, 0.1) is 62.1 Å². The van der Waals surface area contributed by atoms with Gasteiger partial charge < -0.3 is 0 Å². The molecule has 75 heavy (non-hydrogen) atoms. The highest BCUT2D eigenvalue weighted by atomic mass is 14.9. The summed E-state index contributed by atoms with van der Waals surface area (Å²) in [5.41, 5.74) is 22.1. The van der Waals surface area contributed by atoms with Crippen molar-refractivity contribution in [2.75, 3.05) is 0 Å². The minimum atomic E-state index is -2.35. The summed E-state index contributed by atoms with van der Waals surface area (Å²) < 4.78 is 94.9. The number of aromatic nitrogens is 3. The molecule has 0 saturated carbocycles. The van der Waals surface area contributed by atoms with Crippen LogP contribution in [0.25, 0.3) is 67.2 Å². The molecule has 3 heterocycles. The molecular weight excluding hydrogens is 907 g/mol. The zero-order valence-corrected chi connectivity index (χ0v) is 47.0. The van der Waals surface area contributed by atoms with Crippen molar-refractivity contribution in [1.82, 2.24) is 0 Å². The van der Waals surface area contributed by atoms with E-state index in [1.54, 1.807) is 49.9 Å². The average Bonchev–Trinajstić information content (AvgIpc) is 1.54. The van der Waals surface area contributed by atoms with Gasteiger partial charge in [0, 0.05) is 66.7 Å². The molecule has 9 aromatic rings. The molecule has 3 aromatic heterocycles. The zero-order valence-electron chi connectivity index (χ0n) is 58.0. The van der Waals surface area contributed by atoms with Crippen molar-refractivity contribution in [2.45, 2.75) is 121 Å². The third kappa shape index (κ3) is 12.7. The Labute approximate surface area is 467 Å². The maximum absolute atomic E-state index is 8.54. The third-order valence-corrected chi connectivity index (χ3v) is 14.4. The van der Waals surface area contributed by atoms with Crippen LogP contribution in [0.15, 0.2) is 164 Å². The Morgan fingerprint density at radius 1 is 0.320 bits per heavy atom. The van der Waals surface area contributed by atoms with E-state index in [1.807, 2.05) is 125 Å². The van der Waals surface area contributed by atoms with Gasteiger partial charge in [0.2, 0.25) is 17.1 Å². The predicted molar refractivity (Wildman–Crippen MR) is 320 cm³/mol. The molecule has 6 aromatic carbocycles. The number of aryl methyl sites for hydroxylation is 12. The van der Waals surface area contributed by atoms with Gasteiger partial charge in [-0.25, -0.2) is 13.7 Å². The fourth-order valence-corrected chi connectivity index (χ4v) is 10.3. The first-order valence-electron chi connectivity index (χ1n) is 31.5. The van der Waals surface area contributed by atoms with E-state index in [0.717, 1.165) is 61.5 Å². The average molecular weight is 1000 g/mol. The lowest BCUT2D eigenvalue weighted by Gasteiger charge is -2.14. The summed E-state index contributed by atoms with van der Waals surface area (Å²) >= 11 is 0. The van der Waals surface area contributed by atoms with Gasteiger partial charge in [-0.3, -0.25) is 0 Å². The van der Waals surface area contributed by atoms with Crippen molar-refractivity contribution in [3.05, 3.63) is 231 Å². The Bertz CT molecular complexity index is 3900. The molecular formula is C72H84N3+3. The first-order chi connectivity index (χ1) is 39.9. The summed E-state index contributed by atoms with van der Waals surface area (Å²) in [7, 11) is 5.89. The second-order valence-electron chi connectivity index (χ2n) is 21.0. The summed E-state index contributed by atoms with van der Waals surface area (Å²) in [5, 5.41) is 0. The van der Waals surface area contributed by atoms with Crippen LogP contribution in [0.2, 0.25) is 0 Å². The first kappa shape index (κ1) is 42.0. The number of hydrogen-bond donors (Lipinski definition) is 0. The van der Waals surface area contributed by atoms with Crippen LogP contribution >= 0.6 is 0 Å². The lowest BCUT2D eigenvalue weighted by molar-refractivity contribution is -0.661. The van der Waals surface area contributed by atoms with Gasteiger partial charge in [-0.2, -0.15) is 0 Å². The van der Waals surface area contributed by atoms with Gasteiger partial charge >= 0.3 is 0 Å². The van der Waals surface area contributed by atoms with Crippen LogP contribution in [0.4, 0.5) is 0 Å². The third-order valence-electron chi connectivity index (χ3n) is 14.4. The van der Waals surface area contributed by atoms with E-state index in [-0.39, 0.29) is 11.1 Å². The predicted octanol–water partition coefficient (Wildman–Crippen LogP) is 17.7. The van der Waals surface area contributed by atoms with Gasteiger partial charge in [0.15, 0.2) is 18.6 Å². The van der Waals surface area contributed by atoms with Crippen LogP contribution in [0.5, 0.6) is 0 Å². The Morgan fingerprint density at radius 2 is 0.653 bits per heavy atom. The van der Waals surface area contributed by atoms with Crippen LogP contribution in [0.1, 0.15) is 141 Å². The highest BCUT2D eigenvalue weighted by Crippen LogP contribution is 2.36. The van der Waals surface area contributed by atoms with Gasteiger partial charge in [0.1, 0.15) is 21.1 Å². The summed E-state index contributed by atoms with van der Waals surface area (Å²) in [4.78, 5) is 0.